The minimum Gasteiger partial charge on any atom is -0.315 e. The molecule has 130 valence electrons. The number of fused-ring (bicyclic) bond motifs is 1. The number of anilines is 1. The quantitative estimate of drug-likeness (QED) is 0.659. The summed E-state index contributed by atoms with van der Waals surface area (Å²) in [4.78, 5) is 15.1. The Bertz CT molecular complexity index is 932. The lowest BCUT2D eigenvalue weighted by molar-refractivity contribution is -0.123. The lowest BCUT2D eigenvalue weighted by Crippen LogP contribution is -2.42. The van der Waals surface area contributed by atoms with Crippen LogP contribution >= 0.6 is 0 Å². The first-order valence-corrected chi connectivity index (χ1v) is 9.12. The van der Waals surface area contributed by atoms with E-state index >= 15 is 0 Å². The third-order valence-corrected chi connectivity index (χ3v) is 5.38. The van der Waals surface area contributed by atoms with Crippen molar-refractivity contribution < 1.29 is 4.79 Å². The number of aryl methyl sites for hydroxylation is 1. The van der Waals surface area contributed by atoms with Crippen molar-refractivity contribution in [2.45, 2.75) is 19.3 Å². The van der Waals surface area contributed by atoms with Gasteiger partial charge in [-0.05, 0) is 36.1 Å². The number of nitrogens with zero attached hydrogens (tertiary/aromatic N) is 1. The first kappa shape index (κ1) is 16.6. The summed E-state index contributed by atoms with van der Waals surface area (Å²) in [6.07, 6.45) is 0.747. The number of hydrogen-bond acceptors (Lipinski definition) is 1. The van der Waals surface area contributed by atoms with E-state index in [0.29, 0.717) is 0 Å². The van der Waals surface area contributed by atoms with Crippen molar-refractivity contribution >= 4 is 11.6 Å². The molecule has 0 saturated carbocycles. The average Bonchev–Trinajstić information content (AvgIpc) is 2.67. The van der Waals surface area contributed by atoms with Crippen molar-refractivity contribution in [2.75, 3.05) is 11.9 Å². The van der Waals surface area contributed by atoms with Gasteiger partial charge in [0.05, 0.1) is 5.92 Å². The molecule has 0 bridgehead atoms. The molecular formula is C24H23NO. The van der Waals surface area contributed by atoms with E-state index in [1.807, 2.05) is 36.2 Å². The molecule has 2 unspecified atom stereocenters. The van der Waals surface area contributed by atoms with Gasteiger partial charge < -0.3 is 4.90 Å². The van der Waals surface area contributed by atoms with Gasteiger partial charge >= 0.3 is 0 Å². The van der Waals surface area contributed by atoms with Gasteiger partial charge in [0.15, 0.2) is 0 Å². The molecule has 1 amide bonds. The predicted molar refractivity (Wildman–Crippen MR) is 107 cm³/mol. The van der Waals surface area contributed by atoms with Gasteiger partial charge in [-0.1, -0.05) is 78.4 Å². The molecule has 0 saturated heterocycles. The van der Waals surface area contributed by atoms with E-state index in [9.17, 15) is 4.79 Å². The fraction of sp³-hybridized carbons (Fsp3) is 0.208. The highest BCUT2D eigenvalue weighted by molar-refractivity contribution is 5.99. The van der Waals surface area contributed by atoms with Crippen LogP contribution in [0.25, 0.3) is 0 Å². The van der Waals surface area contributed by atoms with Crippen LogP contribution in [0.15, 0.2) is 78.9 Å². The van der Waals surface area contributed by atoms with E-state index < -0.39 is 0 Å². The fourth-order valence-corrected chi connectivity index (χ4v) is 4.13. The van der Waals surface area contributed by atoms with Crippen molar-refractivity contribution in [3.8, 4) is 0 Å². The molecule has 2 nitrogen and oxygen atoms in total. The number of amides is 1. The Morgan fingerprint density at radius 1 is 0.885 bits per heavy atom. The van der Waals surface area contributed by atoms with Crippen LogP contribution in [0.3, 0.4) is 0 Å². The molecule has 0 spiro atoms. The summed E-state index contributed by atoms with van der Waals surface area (Å²) in [5, 5.41) is 0. The van der Waals surface area contributed by atoms with E-state index in [2.05, 4.69) is 61.5 Å². The van der Waals surface area contributed by atoms with Crippen molar-refractivity contribution in [3.63, 3.8) is 0 Å². The molecule has 0 N–H and O–H groups in total. The summed E-state index contributed by atoms with van der Waals surface area (Å²) < 4.78 is 0. The molecule has 3 aromatic carbocycles. The third-order valence-electron chi connectivity index (χ3n) is 5.38. The van der Waals surface area contributed by atoms with Crippen LogP contribution in [0.5, 0.6) is 0 Å². The number of carbonyl (C=O) groups is 1. The molecule has 1 aliphatic rings. The zero-order valence-electron chi connectivity index (χ0n) is 15.2. The van der Waals surface area contributed by atoms with E-state index in [-0.39, 0.29) is 17.7 Å². The second kappa shape index (κ2) is 6.80. The van der Waals surface area contributed by atoms with Gasteiger partial charge in [-0.2, -0.15) is 0 Å². The second-order valence-corrected chi connectivity index (χ2v) is 7.14. The Hall–Kier alpha value is -2.87. The van der Waals surface area contributed by atoms with Gasteiger partial charge in [0, 0.05) is 18.7 Å². The minimum absolute atomic E-state index is 0.0787. The van der Waals surface area contributed by atoms with E-state index in [0.717, 1.165) is 12.1 Å². The molecule has 0 aromatic heterocycles. The smallest absolute Gasteiger partial charge is 0.231 e. The van der Waals surface area contributed by atoms with E-state index in [4.69, 9.17) is 0 Å². The van der Waals surface area contributed by atoms with E-state index in [1.165, 1.54) is 22.3 Å². The van der Waals surface area contributed by atoms with Crippen LogP contribution < -0.4 is 4.90 Å². The standard InChI is InChI=1S/C24H23NO/c1-17-9-8-12-19(15-17)23-20-13-6-7-14-22(20)25(2)24(26)21(23)16-18-10-4-3-5-11-18/h3-15,21,23H,16H2,1-2H3. The molecule has 0 fully saturated rings. The summed E-state index contributed by atoms with van der Waals surface area (Å²) in [6, 6.07) is 27.2. The first-order chi connectivity index (χ1) is 12.6. The van der Waals surface area contributed by atoms with Crippen LogP contribution in [-0.2, 0) is 11.2 Å². The predicted octanol–water partition coefficient (Wildman–Crippen LogP) is 4.96. The number of para-hydroxylation sites is 1. The van der Waals surface area contributed by atoms with Crippen molar-refractivity contribution in [2.24, 2.45) is 5.92 Å². The Morgan fingerprint density at radius 2 is 1.62 bits per heavy atom. The van der Waals surface area contributed by atoms with Gasteiger partial charge in [0.2, 0.25) is 5.91 Å². The number of benzene rings is 3. The van der Waals surface area contributed by atoms with Gasteiger partial charge in [0.25, 0.3) is 0 Å². The van der Waals surface area contributed by atoms with Crippen molar-refractivity contribution in [3.05, 3.63) is 101 Å². The Balaban J connectivity index is 1.85. The Labute approximate surface area is 155 Å². The maximum absolute atomic E-state index is 13.3. The monoisotopic (exact) mass is 341 g/mol. The van der Waals surface area contributed by atoms with Crippen molar-refractivity contribution in [1.82, 2.24) is 0 Å². The van der Waals surface area contributed by atoms with Crippen LogP contribution in [0.4, 0.5) is 5.69 Å². The molecule has 1 heterocycles. The van der Waals surface area contributed by atoms with Gasteiger partial charge in [-0.3, -0.25) is 4.79 Å². The molecule has 4 rings (SSSR count). The summed E-state index contributed by atoms with van der Waals surface area (Å²) in [7, 11) is 1.89. The minimum atomic E-state index is -0.0981. The van der Waals surface area contributed by atoms with Crippen molar-refractivity contribution in [1.29, 1.82) is 0 Å². The molecular weight excluding hydrogens is 318 g/mol. The maximum Gasteiger partial charge on any atom is 0.231 e. The SMILES string of the molecule is Cc1cccc(C2c3ccccc3N(C)C(=O)C2Cc2ccccc2)c1. The highest BCUT2D eigenvalue weighted by Gasteiger charge is 2.39. The molecule has 26 heavy (non-hydrogen) atoms. The summed E-state index contributed by atoms with van der Waals surface area (Å²) in [6.45, 7) is 2.11. The number of rotatable bonds is 3. The molecule has 0 aliphatic carbocycles. The summed E-state index contributed by atoms with van der Waals surface area (Å²) in [5.74, 6) is 0.174. The molecule has 2 heteroatoms. The lowest BCUT2D eigenvalue weighted by atomic mass is 9.74. The van der Waals surface area contributed by atoms with Crippen LogP contribution in [0.1, 0.15) is 28.2 Å². The lowest BCUT2D eigenvalue weighted by Gasteiger charge is -2.38. The third kappa shape index (κ3) is 2.92. The molecule has 3 aromatic rings. The van der Waals surface area contributed by atoms with Crippen LogP contribution in [0, 0.1) is 12.8 Å². The van der Waals surface area contributed by atoms with Gasteiger partial charge in [-0.15, -0.1) is 0 Å². The largest absolute Gasteiger partial charge is 0.315 e. The average molecular weight is 341 g/mol. The zero-order valence-corrected chi connectivity index (χ0v) is 15.2. The summed E-state index contributed by atoms with van der Waals surface area (Å²) in [5.41, 5.74) is 5.91. The van der Waals surface area contributed by atoms with Gasteiger partial charge in [-0.25, -0.2) is 0 Å². The highest BCUT2D eigenvalue weighted by Crippen LogP contribution is 2.44. The molecule has 1 aliphatic heterocycles. The zero-order chi connectivity index (χ0) is 18.1. The van der Waals surface area contributed by atoms with Crippen LogP contribution in [-0.4, -0.2) is 13.0 Å². The van der Waals surface area contributed by atoms with Crippen LogP contribution in [0.2, 0.25) is 0 Å². The topological polar surface area (TPSA) is 20.3 Å². The maximum atomic E-state index is 13.3. The normalized spacial score (nSPS) is 19.3. The number of hydrogen-bond donors (Lipinski definition) is 0. The highest BCUT2D eigenvalue weighted by atomic mass is 16.2. The van der Waals surface area contributed by atoms with Gasteiger partial charge in [0.1, 0.15) is 0 Å². The Morgan fingerprint density at radius 3 is 2.38 bits per heavy atom. The number of carbonyl (C=O) groups excluding carboxylic acids is 1. The summed E-state index contributed by atoms with van der Waals surface area (Å²) >= 11 is 0. The Kier molecular flexibility index (Phi) is 4.34. The first-order valence-electron chi connectivity index (χ1n) is 9.12. The second-order valence-electron chi connectivity index (χ2n) is 7.14. The molecule has 2 atom stereocenters. The van der Waals surface area contributed by atoms with E-state index in [1.54, 1.807) is 0 Å². The molecule has 0 radical (unpaired) electrons. The fourth-order valence-electron chi connectivity index (χ4n) is 4.13.